The number of aryl methyl sites for hydroxylation is 2. The fourth-order valence-corrected chi connectivity index (χ4v) is 2.62. The van der Waals surface area contributed by atoms with E-state index in [0.717, 1.165) is 18.5 Å². The largest absolute Gasteiger partial charge is 0.310 e. The van der Waals surface area contributed by atoms with Gasteiger partial charge in [0, 0.05) is 6.04 Å². The second-order valence-electron chi connectivity index (χ2n) is 5.36. The van der Waals surface area contributed by atoms with Gasteiger partial charge in [-0.15, -0.1) is 0 Å². The molecule has 2 heteroatoms. The molecule has 2 aromatic rings. The molecule has 0 saturated heterocycles. The Morgan fingerprint density at radius 1 is 1.00 bits per heavy atom. The fourth-order valence-electron chi connectivity index (χ4n) is 2.62. The molecule has 0 heterocycles. The van der Waals surface area contributed by atoms with Gasteiger partial charge >= 0.3 is 0 Å². The first-order valence-electron chi connectivity index (χ1n) is 7.14. The third kappa shape index (κ3) is 3.91. The number of benzene rings is 2. The molecule has 0 aliphatic heterocycles. The van der Waals surface area contributed by atoms with Gasteiger partial charge in [0.25, 0.3) is 0 Å². The van der Waals surface area contributed by atoms with Gasteiger partial charge < -0.3 is 5.32 Å². The molecule has 0 aliphatic rings. The lowest BCUT2D eigenvalue weighted by Gasteiger charge is -2.20. The van der Waals surface area contributed by atoms with Gasteiger partial charge in [-0.2, -0.15) is 0 Å². The second kappa shape index (κ2) is 6.67. The Morgan fingerprint density at radius 2 is 1.60 bits per heavy atom. The molecule has 0 spiro atoms. The molecule has 0 radical (unpaired) electrons. The van der Waals surface area contributed by atoms with Gasteiger partial charge in [0.05, 0.1) is 0 Å². The van der Waals surface area contributed by atoms with E-state index < -0.39 is 0 Å². The minimum absolute atomic E-state index is 0.180. The fraction of sp³-hybridized carbons (Fsp3) is 0.333. The highest BCUT2D eigenvalue weighted by Crippen LogP contribution is 2.21. The van der Waals surface area contributed by atoms with Crippen LogP contribution in [0.4, 0.5) is 4.39 Å². The first kappa shape index (κ1) is 14.7. The van der Waals surface area contributed by atoms with Crippen LogP contribution in [0.25, 0.3) is 0 Å². The van der Waals surface area contributed by atoms with Crippen LogP contribution in [-0.4, -0.2) is 6.54 Å². The molecule has 1 unspecified atom stereocenters. The Hall–Kier alpha value is -1.67. The lowest BCUT2D eigenvalue weighted by Crippen LogP contribution is -2.23. The normalized spacial score (nSPS) is 12.4. The lowest BCUT2D eigenvalue weighted by atomic mass is 9.96. The summed E-state index contributed by atoms with van der Waals surface area (Å²) in [6, 6.07) is 13.7. The molecular weight excluding hydrogens is 249 g/mol. The van der Waals surface area contributed by atoms with Crippen molar-refractivity contribution < 1.29 is 4.39 Å². The van der Waals surface area contributed by atoms with E-state index in [9.17, 15) is 4.39 Å². The smallest absolute Gasteiger partial charge is 0.123 e. The monoisotopic (exact) mass is 271 g/mol. The van der Waals surface area contributed by atoms with Crippen molar-refractivity contribution in [2.24, 2.45) is 0 Å². The predicted octanol–water partition coefficient (Wildman–Crippen LogP) is 4.34. The van der Waals surface area contributed by atoms with E-state index in [1.165, 1.54) is 28.8 Å². The predicted molar refractivity (Wildman–Crippen MR) is 82.4 cm³/mol. The van der Waals surface area contributed by atoms with Gasteiger partial charge in [-0.1, -0.05) is 48.4 Å². The maximum Gasteiger partial charge on any atom is 0.123 e. The molecule has 1 atom stereocenters. The summed E-state index contributed by atoms with van der Waals surface area (Å²) in [6.07, 6.45) is 0.872. The minimum Gasteiger partial charge on any atom is -0.310 e. The molecule has 0 aromatic heterocycles. The van der Waals surface area contributed by atoms with Crippen molar-refractivity contribution in [3.05, 3.63) is 70.5 Å². The molecule has 0 saturated carbocycles. The average molecular weight is 271 g/mol. The summed E-state index contributed by atoms with van der Waals surface area (Å²) >= 11 is 0. The number of nitrogens with one attached hydrogen (secondary N) is 1. The summed E-state index contributed by atoms with van der Waals surface area (Å²) in [5, 5.41) is 3.52. The van der Waals surface area contributed by atoms with Crippen LogP contribution in [0.2, 0.25) is 0 Å². The van der Waals surface area contributed by atoms with E-state index >= 15 is 0 Å². The maximum absolute atomic E-state index is 13.0. The summed E-state index contributed by atoms with van der Waals surface area (Å²) < 4.78 is 13.0. The molecule has 0 bridgehead atoms. The lowest BCUT2D eigenvalue weighted by molar-refractivity contribution is 0.548. The number of rotatable bonds is 5. The van der Waals surface area contributed by atoms with E-state index in [1.54, 1.807) is 0 Å². The summed E-state index contributed by atoms with van der Waals surface area (Å²) in [4.78, 5) is 0. The molecule has 0 amide bonds. The van der Waals surface area contributed by atoms with Crippen molar-refractivity contribution in [3.63, 3.8) is 0 Å². The first-order valence-corrected chi connectivity index (χ1v) is 7.14. The van der Waals surface area contributed by atoms with Crippen LogP contribution >= 0.6 is 0 Å². The van der Waals surface area contributed by atoms with Gasteiger partial charge in [0.1, 0.15) is 5.82 Å². The Kier molecular flexibility index (Phi) is 4.91. The second-order valence-corrected chi connectivity index (χ2v) is 5.36. The van der Waals surface area contributed by atoms with Gasteiger partial charge in [0.15, 0.2) is 0 Å². The van der Waals surface area contributed by atoms with Gasteiger partial charge in [-0.3, -0.25) is 0 Å². The van der Waals surface area contributed by atoms with Crippen LogP contribution < -0.4 is 5.32 Å². The van der Waals surface area contributed by atoms with Gasteiger partial charge in [0.2, 0.25) is 0 Å². The Balaban J connectivity index is 2.23. The minimum atomic E-state index is -0.180. The third-order valence-corrected chi connectivity index (χ3v) is 3.45. The highest BCUT2D eigenvalue weighted by atomic mass is 19.1. The SMILES string of the molecule is CCNC(Cc1ccc(F)cc1)c1cc(C)cc(C)c1. The first-order chi connectivity index (χ1) is 9.58. The molecule has 0 aliphatic carbocycles. The van der Waals surface area contributed by atoms with Crippen molar-refractivity contribution in [1.82, 2.24) is 5.32 Å². The summed E-state index contributed by atoms with van der Waals surface area (Å²) in [5.74, 6) is -0.180. The van der Waals surface area contributed by atoms with Crippen LogP contribution in [-0.2, 0) is 6.42 Å². The van der Waals surface area contributed by atoms with Crippen LogP contribution in [0, 0.1) is 19.7 Å². The molecule has 20 heavy (non-hydrogen) atoms. The van der Waals surface area contributed by atoms with Crippen molar-refractivity contribution in [3.8, 4) is 0 Å². The Labute approximate surface area is 120 Å². The molecule has 106 valence electrons. The Morgan fingerprint density at radius 3 is 2.15 bits per heavy atom. The average Bonchev–Trinajstić information content (AvgIpc) is 2.39. The van der Waals surface area contributed by atoms with Crippen LogP contribution in [0.1, 0.15) is 35.2 Å². The summed E-state index contributed by atoms with van der Waals surface area (Å²) in [6.45, 7) is 7.27. The van der Waals surface area contributed by atoms with E-state index in [2.05, 4.69) is 44.3 Å². The van der Waals surface area contributed by atoms with Crippen LogP contribution in [0.3, 0.4) is 0 Å². The zero-order valence-electron chi connectivity index (χ0n) is 12.4. The zero-order chi connectivity index (χ0) is 14.5. The van der Waals surface area contributed by atoms with Crippen LogP contribution in [0.15, 0.2) is 42.5 Å². The van der Waals surface area contributed by atoms with Crippen molar-refractivity contribution >= 4 is 0 Å². The molecular formula is C18H22FN. The Bertz CT molecular complexity index is 540. The molecule has 1 N–H and O–H groups in total. The molecule has 2 aromatic carbocycles. The van der Waals surface area contributed by atoms with Crippen LogP contribution in [0.5, 0.6) is 0 Å². The van der Waals surface area contributed by atoms with Crippen molar-refractivity contribution in [2.45, 2.75) is 33.2 Å². The summed E-state index contributed by atoms with van der Waals surface area (Å²) in [7, 11) is 0. The number of hydrogen-bond acceptors (Lipinski definition) is 1. The number of halogens is 1. The van der Waals surface area contributed by atoms with E-state index in [4.69, 9.17) is 0 Å². The van der Waals surface area contributed by atoms with E-state index in [-0.39, 0.29) is 11.9 Å². The molecule has 1 nitrogen and oxygen atoms in total. The van der Waals surface area contributed by atoms with Crippen molar-refractivity contribution in [2.75, 3.05) is 6.54 Å². The number of likely N-dealkylation sites (N-methyl/N-ethyl adjacent to an activating group) is 1. The topological polar surface area (TPSA) is 12.0 Å². The molecule has 2 rings (SSSR count). The number of hydrogen-bond donors (Lipinski definition) is 1. The van der Waals surface area contributed by atoms with Crippen molar-refractivity contribution in [1.29, 1.82) is 0 Å². The van der Waals surface area contributed by atoms with E-state index in [1.807, 2.05) is 12.1 Å². The summed E-state index contributed by atoms with van der Waals surface area (Å²) in [5.41, 5.74) is 5.01. The maximum atomic E-state index is 13.0. The van der Waals surface area contributed by atoms with Gasteiger partial charge in [-0.25, -0.2) is 4.39 Å². The highest BCUT2D eigenvalue weighted by molar-refractivity contribution is 5.32. The van der Waals surface area contributed by atoms with Gasteiger partial charge in [-0.05, 0) is 50.1 Å². The highest BCUT2D eigenvalue weighted by Gasteiger charge is 2.12. The van der Waals surface area contributed by atoms with E-state index in [0.29, 0.717) is 0 Å². The third-order valence-electron chi connectivity index (χ3n) is 3.45. The zero-order valence-corrected chi connectivity index (χ0v) is 12.4. The quantitative estimate of drug-likeness (QED) is 0.853. The molecule has 0 fully saturated rings. The standard InChI is InChI=1S/C18H22FN/c1-4-20-18(12-15-5-7-17(19)8-6-15)16-10-13(2)9-14(3)11-16/h5-11,18,20H,4,12H2,1-3H3.